The van der Waals surface area contributed by atoms with E-state index in [-0.39, 0.29) is 35.2 Å². The van der Waals surface area contributed by atoms with Gasteiger partial charge in [0.2, 0.25) is 11.8 Å². The molecule has 0 N–H and O–H groups in total. The van der Waals surface area contributed by atoms with Crippen LogP contribution in [0.25, 0.3) is 16.9 Å². The van der Waals surface area contributed by atoms with Gasteiger partial charge in [-0.3, -0.25) is 14.5 Å². The van der Waals surface area contributed by atoms with Gasteiger partial charge in [0.15, 0.2) is 0 Å². The van der Waals surface area contributed by atoms with Crippen molar-refractivity contribution in [3.8, 4) is 22.7 Å². The number of fused-ring (bicyclic) bond motifs is 1. The Balaban J connectivity index is 1.55. The molecule has 2 aliphatic heterocycles. The van der Waals surface area contributed by atoms with Gasteiger partial charge in [0, 0.05) is 24.2 Å². The van der Waals surface area contributed by atoms with Crippen LogP contribution in [0.5, 0.6) is 5.75 Å². The third-order valence-corrected chi connectivity index (χ3v) is 9.31. The summed E-state index contributed by atoms with van der Waals surface area (Å²) in [6.45, 7) is 3.51. The van der Waals surface area contributed by atoms with E-state index >= 15 is 0 Å². The van der Waals surface area contributed by atoms with E-state index in [2.05, 4.69) is 6.92 Å². The lowest BCUT2D eigenvalue weighted by Crippen LogP contribution is -2.46. The molecule has 2 amide bonds. The van der Waals surface area contributed by atoms with Gasteiger partial charge in [-0.05, 0) is 60.7 Å². The van der Waals surface area contributed by atoms with Crippen molar-refractivity contribution in [2.24, 2.45) is 5.92 Å². The molecule has 0 unspecified atom stereocenters. The van der Waals surface area contributed by atoms with Gasteiger partial charge < -0.3 is 9.64 Å². The Bertz CT molecular complexity index is 1570. The SMILES string of the molecule is COc1ccc(-n2nc(-c3ccccc3)c3c2N(CC(=O)N2CCC(C)CC2)C(=O)CS[C@@H]3c2ccc(F)cc2)cc1. The number of carbonyl (C=O) groups is 2. The summed E-state index contributed by atoms with van der Waals surface area (Å²) in [5.74, 6) is 1.43. The third-order valence-electron chi connectivity index (χ3n) is 8.06. The zero-order chi connectivity index (χ0) is 29.2. The molecule has 1 fully saturated rings. The number of amides is 2. The minimum Gasteiger partial charge on any atom is -0.497 e. The maximum absolute atomic E-state index is 14.0. The van der Waals surface area contributed by atoms with Gasteiger partial charge in [0.1, 0.15) is 23.9 Å². The van der Waals surface area contributed by atoms with Crippen molar-refractivity contribution in [1.82, 2.24) is 14.7 Å². The van der Waals surface area contributed by atoms with Crippen molar-refractivity contribution in [3.63, 3.8) is 0 Å². The number of hydrogen-bond donors (Lipinski definition) is 0. The Kier molecular flexibility index (Phi) is 8.02. The number of halogens is 1. The fourth-order valence-electron chi connectivity index (χ4n) is 5.63. The summed E-state index contributed by atoms with van der Waals surface area (Å²) in [5.41, 5.74) is 4.01. The predicted octanol–water partition coefficient (Wildman–Crippen LogP) is 6.11. The Hall–Kier alpha value is -4.11. The average molecular weight is 585 g/mol. The Morgan fingerprint density at radius 3 is 2.36 bits per heavy atom. The van der Waals surface area contributed by atoms with Crippen LogP contribution < -0.4 is 9.64 Å². The largest absolute Gasteiger partial charge is 0.497 e. The molecular formula is C33H33FN4O3S. The molecule has 216 valence electrons. The summed E-state index contributed by atoms with van der Waals surface area (Å²) < 4.78 is 21.1. The number of nitrogens with zero attached hydrogens (tertiary/aromatic N) is 4. The van der Waals surface area contributed by atoms with E-state index < -0.39 is 0 Å². The van der Waals surface area contributed by atoms with Gasteiger partial charge in [0.25, 0.3) is 0 Å². The van der Waals surface area contributed by atoms with Crippen LogP contribution in [0.1, 0.15) is 36.1 Å². The molecule has 7 nitrogen and oxygen atoms in total. The highest BCUT2D eigenvalue weighted by atomic mass is 32.2. The molecule has 9 heteroatoms. The number of ether oxygens (including phenoxy) is 1. The first-order valence-corrected chi connectivity index (χ1v) is 15.3. The molecule has 2 aliphatic rings. The van der Waals surface area contributed by atoms with Crippen LogP contribution >= 0.6 is 11.8 Å². The summed E-state index contributed by atoms with van der Waals surface area (Å²) in [4.78, 5) is 31.1. The standard InChI is InChI=1S/C33H33FN4O3S/c1-22-16-18-36(19-17-22)28(39)20-37-29(40)21-42-32(24-8-10-25(34)11-9-24)30-31(23-6-4-3-5-7-23)35-38(33(30)37)26-12-14-27(41-2)15-13-26/h3-15,22,32H,16-21H2,1-2H3/t32-/m1/s1. The zero-order valence-electron chi connectivity index (χ0n) is 23.7. The fourth-order valence-corrected chi connectivity index (χ4v) is 6.82. The molecule has 1 aromatic heterocycles. The summed E-state index contributed by atoms with van der Waals surface area (Å²) >= 11 is 1.47. The number of benzene rings is 3. The first-order chi connectivity index (χ1) is 20.4. The summed E-state index contributed by atoms with van der Waals surface area (Å²) in [6, 6.07) is 23.7. The lowest BCUT2D eigenvalue weighted by Gasteiger charge is -2.32. The van der Waals surface area contributed by atoms with Crippen LogP contribution in [0.4, 0.5) is 10.2 Å². The maximum Gasteiger partial charge on any atom is 0.242 e. The first kappa shape index (κ1) is 28.0. The van der Waals surface area contributed by atoms with Crippen LogP contribution in [-0.4, -0.2) is 59.0 Å². The number of hydrogen-bond acceptors (Lipinski definition) is 5. The van der Waals surface area contributed by atoms with Gasteiger partial charge in [0.05, 0.1) is 29.5 Å². The molecule has 0 bridgehead atoms. The molecule has 42 heavy (non-hydrogen) atoms. The summed E-state index contributed by atoms with van der Waals surface area (Å²) in [5, 5.41) is 4.79. The second kappa shape index (κ2) is 12.0. The Morgan fingerprint density at radius 2 is 1.69 bits per heavy atom. The Labute approximate surface area is 249 Å². The quantitative estimate of drug-likeness (QED) is 0.273. The number of thioether (sulfide) groups is 1. The van der Waals surface area contributed by atoms with E-state index in [1.165, 1.54) is 23.9 Å². The van der Waals surface area contributed by atoms with Crippen molar-refractivity contribution >= 4 is 29.4 Å². The molecule has 1 atom stereocenters. The molecule has 0 spiro atoms. The number of carbonyl (C=O) groups excluding carboxylic acids is 2. The van der Waals surface area contributed by atoms with E-state index in [9.17, 15) is 14.0 Å². The molecule has 3 aromatic carbocycles. The fraction of sp³-hybridized carbons (Fsp3) is 0.303. The van der Waals surface area contributed by atoms with Crippen molar-refractivity contribution < 1.29 is 18.7 Å². The second-order valence-corrected chi connectivity index (χ2v) is 11.9. The van der Waals surface area contributed by atoms with Crippen LogP contribution in [0.2, 0.25) is 0 Å². The van der Waals surface area contributed by atoms with Crippen molar-refractivity contribution in [2.75, 3.05) is 37.4 Å². The average Bonchev–Trinajstić information content (AvgIpc) is 3.35. The van der Waals surface area contributed by atoms with Gasteiger partial charge in [-0.15, -0.1) is 11.8 Å². The minimum atomic E-state index is -0.325. The van der Waals surface area contributed by atoms with E-state index in [1.807, 2.05) is 59.5 Å². The van der Waals surface area contributed by atoms with Crippen LogP contribution in [0, 0.1) is 11.7 Å². The van der Waals surface area contributed by atoms with Crippen molar-refractivity contribution in [3.05, 3.63) is 95.8 Å². The maximum atomic E-state index is 14.0. The smallest absolute Gasteiger partial charge is 0.242 e. The molecule has 6 rings (SSSR count). The highest BCUT2D eigenvalue weighted by Gasteiger charge is 2.38. The molecule has 4 aromatic rings. The van der Waals surface area contributed by atoms with Gasteiger partial charge in [-0.25, -0.2) is 9.07 Å². The van der Waals surface area contributed by atoms with Crippen LogP contribution in [0.15, 0.2) is 78.9 Å². The molecule has 0 aliphatic carbocycles. The number of piperidine rings is 1. The third kappa shape index (κ3) is 5.53. The first-order valence-electron chi connectivity index (χ1n) is 14.2. The van der Waals surface area contributed by atoms with E-state index in [1.54, 1.807) is 28.8 Å². The zero-order valence-corrected chi connectivity index (χ0v) is 24.5. The summed E-state index contributed by atoms with van der Waals surface area (Å²) in [6.07, 6.45) is 1.91. The normalized spacial score (nSPS) is 17.6. The second-order valence-electron chi connectivity index (χ2n) is 10.8. The number of likely N-dealkylation sites (tertiary alicyclic amines) is 1. The van der Waals surface area contributed by atoms with E-state index in [4.69, 9.17) is 9.84 Å². The van der Waals surface area contributed by atoms with E-state index in [0.29, 0.717) is 36.3 Å². The molecule has 3 heterocycles. The molecule has 0 radical (unpaired) electrons. The minimum absolute atomic E-state index is 0.0739. The number of rotatable bonds is 6. The van der Waals surface area contributed by atoms with Gasteiger partial charge in [-0.2, -0.15) is 5.10 Å². The number of methoxy groups -OCH3 is 1. The highest BCUT2D eigenvalue weighted by molar-refractivity contribution is 8.00. The molecule has 1 saturated heterocycles. The van der Waals surface area contributed by atoms with Crippen molar-refractivity contribution in [2.45, 2.75) is 25.0 Å². The molecular weight excluding hydrogens is 551 g/mol. The highest BCUT2D eigenvalue weighted by Crippen LogP contribution is 2.48. The monoisotopic (exact) mass is 584 g/mol. The van der Waals surface area contributed by atoms with Crippen molar-refractivity contribution in [1.29, 1.82) is 0 Å². The van der Waals surface area contributed by atoms with Gasteiger partial charge in [-0.1, -0.05) is 49.4 Å². The molecule has 0 saturated carbocycles. The Morgan fingerprint density at radius 1 is 1.00 bits per heavy atom. The predicted molar refractivity (Wildman–Crippen MR) is 164 cm³/mol. The lowest BCUT2D eigenvalue weighted by atomic mass is 9.99. The summed E-state index contributed by atoms with van der Waals surface area (Å²) in [7, 11) is 1.61. The van der Waals surface area contributed by atoms with E-state index in [0.717, 1.165) is 35.2 Å². The van der Waals surface area contributed by atoms with Gasteiger partial charge >= 0.3 is 0 Å². The van der Waals surface area contributed by atoms with Crippen LogP contribution in [0.3, 0.4) is 0 Å². The number of aromatic nitrogens is 2. The lowest BCUT2D eigenvalue weighted by molar-refractivity contribution is -0.132. The van der Waals surface area contributed by atoms with Crippen LogP contribution in [-0.2, 0) is 9.59 Å². The topological polar surface area (TPSA) is 67.7 Å². The number of anilines is 1.